The molecule has 2 aromatic carbocycles. The number of amides is 1. The van der Waals surface area contributed by atoms with E-state index in [-0.39, 0.29) is 5.91 Å². The third kappa shape index (κ3) is 3.61. The molecule has 6 heteroatoms. The molecule has 0 spiro atoms. The summed E-state index contributed by atoms with van der Waals surface area (Å²) in [6.07, 6.45) is 0. The van der Waals surface area contributed by atoms with Crippen molar-refractivity contribution < 1.29 is 4.79 Å². The fourth-order valence-electron chi connectivity index (χ4n) is 1.50. The first-order valence-corrected chi connectivity index (χ1v) is 7.54. The molecule has 0 heterocycles. The Balaban J connectivity index is 2.30. The van der Waals surface area contributed by atoms with Gasteiger partial charge in [-0.05, 0) is 74.9 Å². The number of nitrogens with one attached hydrogen (secondary N) is 1. The minimum absolute atomic E-state index is 0.224. The van der Waals surface area contributed by atoms with Crippen molar-refractivity contribution in [1.29, 1.82) is 0 Å². The van der Waals surface area contributed by atoms with Crippen LogP contribution in [0.25, 0.3) is 0 Å². The van der Waals surface area contributed by atoms with Crippen molar-refractivity contribution in [2.45, 2.75) is 0 Å². The molecule has 0 aromatic heterocycles. The van der Waals surface area contributed by atoms with Crippen LogP contribution in [0.4, 0.5) is 11.4 Å². The Hall–Kier alpha value is -0.790. The average Bonchev–Trinajstić information content (AvgIpc) is 2.36. The lowest BCUT2D eigenvalue weighted by Gasteiger charge is -2.09. The van der Waals surface area contributed by atoms with E-state index in [1.54, 1.807) is 36.4 Å². The van der Waals surface area contributed by atoms with Gasteiger partial charge in [-0.1, -0.05) is 11.6 Å². The number of nitrogen functional groups attached to an aromatic ring is 1. The van der Waals surface area contributed by atoms with Crippen LogP contribution in [0.2, 0.25) is 5.02 Å². The highest BCUT2D eigenvalue weighted by atomic mass is 127. The highest BCUT2D eigenvalue weighted by Crippen LogP contribution is 2.26. The summed E-state index contributed by atoms with van der Waals surface area (Å²) in [5.74, 6) is -0.224. The molecular weight excluding hydrogens is 442 g/mol. The molecule has 3 N–H and O–H groups in total. The van der Waals surface area contributed by atoms with E-state index < -0.39 is 0 Å². The monoisotopic (exact) mass is 450 g/mol. The van der Waals surface area contributed by atoms with Gasteiger partial charge in [0, 0.05) is 18.8 Å². The summed E-state index contributed by atoms with van der Waals surface area (Å²) < 4.78 is 1.60. The predicted molar refractivity (Wildman–Crippen MR) is 90.7 cm³/mol. The Labute approximate surface area is 137 Å². The van der Waals surface area contributed by atoms with Crippen LogP contribution >= 0.6 is 50.1 Å². The number of halogens is 3. The van der Waals surface area contributed by atoms with Crippen LogP contribution in [0.15, 0.2) is 40.9 Å². The summed E-state index contributed by atoms with van der Waals surface area (Å²) in [5, 5.41) is 3.33. The Kier molecular flexibility index (Phi) is 4.70. The van der Waals surface area contributed by atoms with Gasteiger partial charge in [0.2, 0.25) is 0 Å². The first-order chi connectivity index (χ1) is 8.97. The van der Waals surface area contributed by atoms with Crippen LogP contribution in [0.3, 0.4) is 0 Å². The van der Waals surface area contributed by atoms with Crippen LogP contribution in [-0.2, 0) is 0 Å². The SMILES string of the molecule is Nc1ccc(Br)c(NC(=O)c2cc(Cl)ccc2I)c1. The molecule has 0 unspecified atom stereocenters. The average molecular weight is 451 g/mol. The summed E-state index contributed by atoms with van der Waals surface area (Å²) >= 11 is 11.4. The number of hydrogen-bond acceptors (Lipinski definition) is 2. The van der Waals surface area contributed by atoms with Crippen molar-refractivity contribution in [3.05, 3.63) is 55.0 Å². The van der Waals surface area contributed by atoms with Crippen LogP contribution in [0.1, 0.15) is 10.4 Å². The molecule has 0 aliphatic carbocycles. The van der Waals surface area contributed by atoms with Crippen molar-refractivity contribution >= 4 is 67.4 Å². The van der Waals surface area contributed by atoms with Gasteiger partial charge in [0.15, 0.2) is 0 Å². The highest BCUT2D eigenvalue weighted by molar-refractivity contribution is 14.1. The normalized spacial score (nSPS) is 10.3. The van der Waals surface area contributed by atoms with Gasteiger partial charge in [0.25, 0.3) is 5.91 Å². The van der Waals surface area contributed by atoms with Crippen molar-refractivity contribution in [3.63, 3.8) is 0 Å². The van der Waals surface area contributed by atoms with Crippen LogP contribution in [0.5, 0.6) is 0 Å². The molecule has 1 amide bonds. The van der Waals surface area contributed by atoms with Crippen LogP contribution in [-0.4, -0.2) is 5.91 Å². The van der Waals surface area contributed by atoms with Crippen molar-refractivity contribution in [1.82, 2.24) is 0 Å². The number of anilines is 2. The Bertz CT molecular complexity index is 649. The number of rotatable bonds is 2. The van der Waals surface area contributed by atoms with Gasteiger partial charge in [0.05, 0.1) is 11.3 Å². The van der Waals surface area contributed by atoms with E-state index in [2.05, 4.69) is 43.8 Å². The molecule has 0 fully saturated rings. The zero-order chi connectivity index (χ0) is 14.0. The molecule has 0 atom stereocenters. The summed E-state index contributed by atoms with van der Waals surface area (Å²) in [6, 6.07) is 10.4. The summed E-state index contributed by atoms with van der Waals surface area (Å²) in [7, 11) is 0. The van der Waals surface area contributed by atoms with E-state index in [0.717, 1.165) is 8.04 Å². The lowest BCUT2D eigenvalue weighted by atomic mass is 10.2. The number of benzene rings is 2. The lowest BCUT2D eigenvalue weighted by Crippen LogP contribution is -2.14. The summed E-state index contributed by atoms with van der Waals surface area (Å²) in [5.41, 5.74) is 7.44. The second-order valence-corrected chi connectivity index (χ2v) is 6.27. The van der Waals surface area contributed by atoms with Crippen LogP contribution < -0.4 is 11.1 Å². The largest absolute Gasteiger partial charge is 0.399 e. The maximum Gasteiger partial charge on any atom is 0.256 e. The maximum atomic E-state index is 12.2. The third-order valence-corrected chi connectivity index (χ3v) is 4.28. The number of hydrogen-bond donors (Lipinski definition) is 2. The predicted octanol–water partition coefficient (Wildman–Crippen LogP) is 4.54. The minimum atomic E-state index is -0.224. The minimum Gasteiger partial charge on any atom is -0.399 e. The molecule has 19 heavy (non-hydrogen) atoms. The van der Waals surface area contributed by atoms with Gasteiger partial charge in [-0.25, -0.2) is 0 Å². The lowest BCUT2D eigenvalue weighted by molar-refractivity contribution is 0.102. The van der Waals surface area contributed by atoms with Gasteiger partial charge >= 0.3 is 0 Å². The zero-order valence-corrected chi connectivity index (χ0v) is 14.1. The van der Waals surface area contributed by atoms with E-state index in [0.29, 0.717) is 22.0 Å². The molecule has 0 radical (unpaired) electrons. The van der Waals surface area contributed by atoms with Crippen molar-refractivity contribution in [2.75, 3.05) is 11.1 Å². The maximum absolute atomic E-state index is 12.2. The zero-order valence-electron chi connectivity index (χ0n) is 9.58. The van der Waals surface area contributed by atoms with E-state index in [9.17, 15) is 4.79 Å². The second-order valence-electron chi connectivity index (χ2n) is 3.82. The summed E-state index contributed by atoms with van der Waals surface area (Å²) in [6.45, 7) is 0. The number of carbonyl (C=O) groups is 1. The quantitative estimate of drug-likeness (QED) is 0.520. The molecule has 0 bridgehead atoms. The van der Waals surface area contributed by atoms with E-state index >= 15 is 0 Å². The smallest absolute Gasteiger partial charge is 0.256 e. The van der Waals surface area contributed by atoms with Gasteiger partial charge < -0.3 is 11.1 Å². The van der Waals surface area contributed by atoms with Crippen LogP contribution in [0, 0.1) is 3.57 Å². The highest BCUT2D eigenvalue weighted by Gasteiger charge is 2.12. The molecule has 98 valence electrons. The molecule has 2 rings (SSSR count). The number of carbonyl (C=O) groups excluding carboxylic acids is 1. The Morgan fingerprint density at radius 1 is 1.26 bits per heavy atom. The molecule has 0 saturated carbocycles. The van der Waals surface area contributed by atoms with Gasteiger partial charge in [-0.3, -0.25) is 4.79 Å². The molecule has 0 aliphatic rings. The fraction of sp³-hybridized carbons (Fsp3) is 0. The molecule has 2 aromatic rings. The van der Waals surface area contributed by atoms with Gasteiger partial charge in [0.1, 0.15) is 0 Å². The van der Waals surface area contributed by atoms with Gasteiger partial charge in [-0.15, -0.1) is 0 Å². The van der Waals surface area contributed by atoms with E-state index in [1.165, 1.54) is 0 Å². The summed E-state index contributed by atoms with van der Waals surface area (Å²) in [4.78, 5) is 12.2. The number of nitrogens with two attached hydrogens (primary N) is 1. The first kappa shape index (κ1) is 14.6. The Morgan fingerprint density at radius 2 is 2.00 bits per heavy atom. The van der Waals surface area contributed by atoms with E-state index in [1.807, 2.05) is 0 Å². The van der Waals surface area contributed by atoms with Gasteiger partial charge in [-0.2, -0.15) is 0 Å². The Morgan fingerprint density at radius 3 is 2.74 bits per heavy atom. The molecule has 3 nitrogen and oxygen atoms in total. The third-order valence-electron chi connectivity index (χ3n) is 2.41. The second kappa shape index (κ2) is 6.11. The van der Waals surface area contributed by atoms with Crippen molar-refractivity contribution in [2.24, 2.45) is 0 Å². The first-order valence-electron chi connectivity index (χ1n) is 5.29. The standard InChI is InChI=1S/C13H9BrClIN2O/c14-10-3-2-8(17)6-12(10)18-13(19)9-5-7(15)1-4-11(9)16/h1-6H,17H2,(H,18,19). The topological polar surface area (TPSA) is 55.1 Å². The van der Waals surface area contributed by atoms with Crippen molar-refractivity contribution in [3.8, 4) is 0 Å². The molecular formula is C13H9BrClIN2O. The molecule has 0 saturated heterocycles. The molecule has 0 aliphatic heterocycles. The fourth-order valence-corrected chi connectivity index (χ4v) is 2.60. The van der Waals surface area contributed by atoms with E-state index in [4.69, 9.17) is 17.3 Å².